The highest BCUT2D eigenvalue weighted by molar-refractivity contribution is 5.84. The molecule has 0 atom stereocenters. The number of hydrogen-bond donors (Lipinski definition) is 0. The Morgan fingerprint density at radius 3 is 2.04 bits per heavy atom. The highest BCUT2D eigenvalue weighted by Crippen LogP contribution is 2.45. The lowest BCUT2D eigenvalue weighted by Crippen LogP contribution is -2.25. The van der Waals surface area contributed by atoms with Crippen LogP contribution < -0.4 is 0 Å². The highest BCUT2D eigenvalue weighted by atomic mass is 19.2. The lowest BCUT2D eigenvalue weighted by atomic mass is 9.68. The molecule has 0 bridgehead atoms. The Hall–Kier alpha value is -1.51. The molecule has 0 unspecified atom stereocenters. The second kappa shape index (κ2) is 7.25. The van der Waals surface area contributed by atoms with Gasteiger partial charge in [-0.15, -0.1) is 0 Å². The number of halogens is 3. The van der Waals surface area contributed by atoms with E-state index in [0.717, 1.165) is 43.4 Å². The molecule has 2 aliphatic rings. The molecule has 0 amide bonds. The largest absolute Gasteiger partial charge is 0.206 e. The standard InChI is InChI=1S/C23H27F3/c1-14-5-7-15(8-6-14)16-9-11-17(12-10-16)19-13-18-3-2-4-20(24)21(18)23(26)22(19)25/h2-4,13-17H,5-12H2,1H3. The zero-order chi connectivity index (χ0) is 18.3. The van der Waals surface area contributed by atoms with Crippen molar-refractivity contribution in [1.29, 1.82) is 0 Å². The molecule has 2 fully saturated rings. The molecule has 0 saturated heterocycles. The molecule has 2 aromatic rings. The van der Waals surface area contributed by atoms with Crippen molar-refractivity contribution in [3.8, 4) is 0 Å². The first-order valence-electron chi connectivity index (χ1n) is 10.1. The second-order valence-electron chi connectivity index (χ2n) is 8.56. The number of benzene rings is 2. The first-order chi connectivity index (χ1) is 12.5. The molecule has 3 heteroatoms. The molecular formula is C23H27F3. The van der Waals surface area contributed by atoms with E-state index in [1.807, 2.05) is 0 Å². The van der Waals surface area contributed by atoms with Crippen LogP contribution in [-0.4, -0.2) is 0 Å². The van der Waals surface area contributed by atoms with Crippen LogP contribution >= 0.6 is 0 Å². The Balaban J connectivity index is 1.52. The maximum atomic E-state index is 14.6. The summed E-state index contributed by atoms with van der Waals surface area (Å²) in [5.41, 5.74) is 0.441. The average Bonchev–Trinajstić information content (AvgIpc) is 2.65. The Morgan fingerprint density at radius 2 is 1.38 bits per heavy atom. The summed E-state index contributed by atoms with van der Waals surface area (Å²) in [7, 11) is 0. The molecule has 140 valence electrons. The van der Waals surface area contributed by atoms with E-state index in [2.05, 4.69) is 6.92 Å². The summed E-state index contributed by atoms with van der Waals surface area (Å²) < 4.78 is 43.0. The van der Waals surface area contributed by atoms with Crippen molar-refractivity contribution < 1.29 is 13.2 Å². The number of fused-ring (bicyclic) bond motifs is 1. The average molecular weight is 360 g/mol. The molecule has 2 aliphatic carbocycles. The van der Waals surface area contributed by atoms with Crippen molar-refractivity contribution in [3.63, 3.8) is 0 Å². The van der Waals surface area contributed by atoms with E-state index in [9.17, 15) is 13.2 Å². The van der Waals surface area contributed by atoms with Gasteiger partial charge in [0.25, 0.3) is 0 Å². The van der Waals surface area contributed by atoms with Gasteiger partial charge in [-0.2, -0.15) is 0 Å². The molecule has 0 N–H and O–H groups in total. The van der Waals surface area contributed by atoms with Gasteiger partial charge in [0.15, 0.2) is 11.6 Å². The van der Waals surface area contributed by atoms with E-state index < -0.39 is 17.5 Å². The fraction of sp³-hybridized carbons (Fsp3) is 0.565. The van der Waals surface area contributed by atoms with Crippen LogP contribution in [0.5, 0.6) is 0 Å². The molecule has 0 spiro atoms. The Morgan fingerprint density at radius 1 is 0.769 bits per heavy atom. The minimum Gasteiger partial charge on any atom is -0.206 e. The van der Waals surface area contributed by atoms with E-state index in [1.54, 1.807) is 18.2 Å². The number of hydrogen-bond acceptors (Lipinski definition) is 0. The van der Waals surface area contributed by atoms with E-state index in [0.29, 0.717) is 10.9 Å². The molecule has 4 rings (SSSR count). The van der Waals surface area contributed by atoms with E-state index in [4.69, 9.17) is 0 Å². The quantitative estimate of drug-likeness (QED) is 0.525. The highest BCUT2D eigenvalue weighted by Gasteiger charge is 2.32. The van der Waals surface area contributed by atoms with Gasteiger partial charge in [0.1, 0.15) is 5.82 Å². The third kappa shape index (κ3) is 3.25. The van der Waals surface area contributed by atoms with Gasteiger partial charge in [-0.25, -0.2) is 13.2 Å². The van der Waals surface area contributed by atoms with Gasteiger partial charge >= 0.3 is 0 Å². The molecule has 26 heavy (non-hydrogen) atoms. The van der Waals surface area contributed by atoms with E-state index >= 15 is 0 Å². The first kappa shape index (κ1) is 17.9. The van der Waals surface area contributed by atoms with Gasteiger partial charge in [-0.05, 0) is 85.3 Å². The summed E-state index contributed by atoms with van der Waals surface area (Å²) in [5, 5.41) is 0.237. The van der Waals surface area contributed by atoms with Crippen molar-refractivity contribution in [2.24, 2.45) is 17.8 Å². The lowest BCUT2D eigenvalue weighted by molar-refractivity contribution is 0.164. The van der Waals surface area contributed by atoms with E-state index in [1.165, 1.54) is 31.7 Å². The smallest absolute Gasteiger partial charge is 0.169 e. The molecule has 0 nitrogen and oxygen atoms in total. The van der Waals surface area contributed by atoms with Gasteiger partial charge in [0, 0.05) is 0 Å². The van der Waals surface area contributed by atoms with Crippen molar-refractivity contribution in [3.05, 3.63) is 47.3 Å². The molecule has 0 aliphatic heterocycles. The van der Waals surface area contributed by atoms with Crippen LogP contribution in [0.15, 0.2) is 24.3 Å². The summed E-state index contributed by atoms with van der Waals surface area (Å²) in [5.74, 6) is -0.102. The third-order valence-corrected chi connectivity index (χ3v) is 6.96. The first-order valence-corrected chi connectivity index (χ1v) is 10.1. The Kier molecular flexibility index (Phi) is 4.98. The minimum absolute atomic E-state index is 0.0518. The van der Waals surface area contributed by atoms with Crippen LogP contribution in [0.4, 0.5) is 13.2 Å². The van der Waals surface area contributed by atoms with E-state index in [-0.39, 0.29) is 11.3 Å². The summed E-state index contributed by atoms with van der Waals surface area (Å²) in [6, 6.07) is 6.07. The molecule has 2 saturated carbocycles. The number of rotatable bonds is 2. The van der Waals surface area contributed by atoms with Crippen LogP contribution in [0.1, 0.15) is 69.8 Å². The lowest BCUT2D eigenvalue weighted by Gasteiger charge is -2.37. The van der Waals surface area contributed by atoms with Crippen molar-refractivity contribution in [2.45, 2.75) is 64.2 Å². The predicted octanol–water partition coefficient (Wildman–Crippen LogP) is 7.36. The predicted molar refractivity (Wildman–Crippen MR) is 99.6 cm³/mol. The maximum Gasteiger partial charge on any atom is 0.169 e. The summed E-state index contributed by atoms with van der Waals surface area (Å²) >= 11 is 0. The second-order valence-corrected chi connectivity index (χ2v) is 8.56. The molecule has 0 radical (unpaired) electrons. The fourth-order valence-electron chi connectivity index (χ4n) is 5.32. The van der Waals surface area contributed by atoms with Crippen LogP contribution in [0.25, 0.3) is 10.8 Å². The van der Waals surface area contributed by atoms with Crippen LogP contribution in [0.2, 0.25) is 0 Å². The zero-order valence-corrected chi connectivity index (χ0v) is 15.4. The van der Waals surface area contributed by atoms with Crippen molar-refractivity contribution in [1.82, 2.24) is 0 Å². The van der Waals surface area contributed by atoms with Gasteiger partial charge in [-0.1, -0.05) is 31.9 Å². The Bertz CT molecular complexity index is 782. The SMILES string of the molecule is CC1CCC(C2CCC(c3cc4cccc(F)c4c(F)c3F)CC2)CC1. The molecule has 0 aromatic heterocycles. The van der Waals surface area contributed by atoms with Crippen molar-refractivity contribution >= 4 is 10.8 Å². The molecular weight excluding hydrogens is 333 g/mol. The maximum absolute atomic E-state index is 14.6. The summed E-state index contributed by atoms with van der Waals surface area (Å²) in [6.07, 6.45) is 9.35. The van der Waals surface area contributed by atoms with Crippen molar-refractivity contribution in [2.75, 3.05) is 0 Å². The van der Waals surface area contributed by atoms with Gasteiger partial charge in [-0.3, -0.25) is 0 Å². The minimum atomic E-state index is -1.03. The van der Waals surface area contributed by atoms with Crippen LogP contribution in [-0.2, 0) is 0 Å². The van der Waals surface area contributed by atoms with Gasteiger partial charge in [0.05, 0.1) is 5.39 Å². The van der Waals surface area contributed by atoms with Gasteiger partial charge < -0.3 is 0 Å². The third-order valence-electron chi connectivity index (χ3n) is 6.96. The topological polar surface area (TPSA) is 0 Å². The summed E-state index contributed by atoms with van der Waals surface area (Å²) in [6.45, 7) is 2.34. The summed E-state index contributed by atoms with van der Waals surface area (Å²) in [4.78, 5) is 0. The fourth-order valence-corrected chi connectivity index (χ4v) is 5.32. The monoisotopic (exact) mass is 360 g/mol. The van der Waals surface area contributed by atoms with Crippen LogP contribution in [0.3, 0.4) is 0 Å². The zero-order valence-electron chi connectivity index (χ0n) is 15.4. The Labute approximate surface area is 153 Å². The molecule has 2 aromatic carbocycles. The molecule has 0 heterocycles. The normalized spacial score (nSPS) is 29.8. The van der Waals surface area contributed by atoms with Crippen LogP contribution in [0, 0.1) is 35.2 Å². The van der Waals surface area contributed by atoms with Gasteiger partial charge in [0.2, 0.25) is 0 Å².